The van der Waals surface area contributed by atoms with E-state index in [9.17, 15) is 9.59 Å². The van der Waals surface area contributed by atoms with E-state index in [4.69, 9.17) is 0 Å². The molecule has 1 saturated heterocycles. The van der Waals surface area contributed by atoms with E-state index in [-0.39, 0.29) is 23.9 Å². The number of carbonyl (C=O) groups is 2. The molecule has 2 atom stereocenters. The summed E-state index contributed by atoms with van der Waals surface area (Å²) in [4.78, 5) is 29.0. The third-order valence-corrected chi connectivity index (χ3v) is 5.23. The second-order valence-corrected chi connectivity index (χ2v) is 7.55. The van der Waals surface area contributed by atoms with Gasteiger partial charge in [-0.2, -0.15) is 0 Å². The fourth-order valence-electron chi connectivity index (χ4n) is 3.16. The van der Waals surface area contributed by atoms with Crippen molar-refractivity contribution in [2.75, 3.05) is 6.54 Å². The van der Waals surface area contributed by atoms with Crippen molar-refractivity contribution in [2.24, 2.45) is 0 Å². The summed E-state index contributed by atoms with van der Waals surface area (Å²) in [6.07, 6.45) is 3.05. The van der Waals surface area contributed by atoms with E-state index in [1.54, 1.807) is 16.2 Å². The zero-order valence-corrected chi connectivity index (χ0v) is 14.8. The molecule has 4 nitrogen and oxygen atoms in total. The summed E-state index contributed by atoms with van der Waals surface area (Å²) in [6.45, 7) is 8.88. The van der Waals surface area contributed by atoms with Gasteiger partial charge in [-0.3, -0.25) is 9.59 Å². The van der Waals surface area contributed by atoms with Crippen LogP contribution in [0.4, 0.5) is 0 Å². The molecule has 0 spiro atoms. The second kappa shape index (κ2) is 7.27. The van der Waals surface area contributed by atoms with Gasteiger partial charge in [-0.1, -0.05) is 6.92 Å². The van der Waals surface area contributed by atoms with Crippen LogP contribution in [0.15, 0.2) is 6.07 Å². The fourth-order valence-corrected chi connectivity index (χ4v) is 4.19. The molecule has 22 heavy (non-hydrogen) atoms. The highest BCUT2D eigenvalue weighted by Gasteiger charge is 2.34. The van der Waals surface area contributed by atoms with E-state index in [2.05, 4.69) is 25.2 Å². The summed E-state index contributed by atoms with van der Waals surface area (Å²) >= 11 is 1.75. The maximum absolute atomic E-state index is 12.6. The van der Waals surface area contributed by atoms with E-state index < -0.39 is 0 Å². The van der Waals surface area contributed by atoms with Crippen LogP contribution in [0.5, 0.6) is 0 Å². The number of hydrogen-bond acceptors (Lipinski definition) is 3. The molecule has 0 bridgehead atoms. The maximum atomic E-state index is 12.6. The molecule has 0 aromatic carbocycles. The number of rotatable bonds is 5. The number of hydrogen-bond donors (Lipinski definition) is 1. The molecule has 5 heteroatoms. The highest BCUT2D eigenvalue weighted by molar-refractivity contribution is 7.12. The monoisotopic (exact) mass is 322 g/mol. The van der Waals surface area contributed by atoms with E-state index in [1.165, 1.54) is 15.3 Å². The number of amides is 2. The fraction of sp³-hybridized carbons (Fsp3) is 0.647. The first-order chi connectivity index (χ1) is 10.4. The summed E-state index contributed by atoms with van der Waals surface area (Å²) in [5, 5.41) is 3.09. The highest BCUT2D eigenvalue weighted by Crippen LogP contribution is 2.27. The lowest BCUT2D eigenvalue weighted by Crippen LogP contribution is -2.46. The summed E-state index contributed by atoms with van der Waals surface area (Å²) in [6, 6.07) is 1.84. The number of nitrogens with zero attached hydrogens (tertiary/aromatic N) is 1. The molecule has 2 heterocycles. The van der Waals surface area contributed by atoms with Crippen molar-refractivity contribution in [3.05, 3.63) is 21.4 Å². The van der Waals surface area contributed by atoms with Crippen molar-refractivity contribution >= 4 is 23.2 Å². The molecule has 1 aliphatic heterocycles. The van der Waals surface area contributed by atoms with E-state index >= 15 is 0 Å². The van der Waals surface area contributed by atoms with Crippen LogP contribution in [0.1, 0.15) is 60.9 Å². The Kier molecular flexibility index (Phi) is 5.62. The summed E-state index contributed by atoms with van der Waals surface area (Å²) in [5.41, 5.74) is 1.18. The molecule has 1 fully saturated rings. The largest absolute Gasteiger partial charge is 0.348 e. The van der Waals surface area contributed by atoms with Crippen molar-refractivity contribution < 1.29 is 9.59 Å². The van der Waals surface area contributed by atoms with Crippen LogP contribution in [-0.2, 0) is 9.59 Å². The molecule has 1 N–H and O–H groups in total. The Bertz CT molecular complexity index is 553. The third-order valence-electron chi connectivity index (χ3n) is 4.24. The Morgan fingerprint density at radius 3 is 2.77 bits per heavy atom. The van der Waals surface area contributed by atoms with Crippen LogP contribution in [0, 0.1) is 13.8 Å². The number of carbonyl (C=O) groups excluding carboxylic acids is 2. The molecule has 1 aromatic rings. The molecule has 2 amide bonds. The second-order valence-electron chi connectivity index (χ2n) is 6.09. The number of nitrogens with one attached hydrogen (secondary N) is 1. The molecule has 0 radical (unpaired) electrons. The molecular weight excluding hydrogens is 296 g/mol. The van der Waals surface area contributed by atoms with Gasteiger partial charge in [0.15, 0.2) is 0 Å². The first-order valence-electron chi connectivity index (χ1n) is 8.10. The van der Waals surface area contributed by atoms with Crippen molar-refractivity contribution in [1.82, 2.24) is 10.2 Å². The van der Waals surface area contributed by atoms with Gasteiger partial charge in [0.2, 0.25) is 11.8 Å². The van der Waals surface area contributed by atoms with Gasteiger partial charge in [0.25, 0.3) is 0 Å². The average molecular weight is 322 g/mol. The zero-order chi connectivity index (χ0) is 16.3. The van der Waals surface area contributed by atoms with E-state index in [1.807, 2.05) is 13.8 Å². The first kappa shape index (κ1) is 17.0. The van der Waals surface area contributed by atoms with Crippen LogP contribution < -0.4 is 5.32 Å². The van der Waals surface area contributed by atoms with E-state index in [0.29, 0.717) is 13.0 Å². The van der Waals surface area contributed by atoms with Gasteiger partial charge in [-0.15, -0.1) is 11.3 Å². The Balaban J connectivity index is 2.01. The molecule has 0 unspecified atom stereocenters. The number of aryl methyl sites for hydroxylation is 2. The molecule has 2 rings (SSSR count). The normalized spacial score (nSPS) is 19.3. The molecule has 1 aliphatic rings. The minimum absolute atomic E-state index is 0.0128. The van der Waals surface area contributed by atoms with Crippen LogP contribution in [-0.4, -0.2) is 29.3 Å². The van der Waals surface area contributed by atoms with Crippen molar-refractivity contribution in [1.29, 1.82) is 0 Å². The zero-order valence-electron chi connectivity index (χ0n) is 13.9. The van der Waals surface area contributed by atoms with Gasteiger partial charge >= 0.3 is 0 Å². The predicted molar refractivity (Wildman–Crippen MR) is 90.0 cm³/mol. The molecular formula is C17H26N2O2S. The summed E-state index contributed by atoms with van der Waals surface area (Å²) in [5.74, 6) is 0.0908. The summed E-state index contributed by atoms with van der Waals surface area (Å²) < 4.78 is 0. The third kappa shape index (κ3) is 3.69. The van der Waals surface area contributed by atoms with E-state index in [0.717, 1.165) is 19.3 Å². The van der Waals surface area contributed by atoms with Crippen molar-refractivity contribution in [3.63, 3.8) is 0 Å². The quantitative estimate of drug-likeness (QED) is 0.904. The Morgan fingerprint density at radius 2 is 2.18 bits per heavy atom. The minimum Gasteiger partial charge on any atom is -0.348 e. The Hall–Kier alpha value is -1.36. The molecule has 1 aromatic heterocycles. The SMILES string of the molecule is CCCC(=O)N1CCC[C@H]1C(=O)N[C@@H](C)c1cc(C)sc1C. The van der Waals surface area contributed by atoms with Crippen molar-refractivity contribution in [3.8, 4) is 0 Å². The van der Waals surface area contributed by atoms with Gasteiger partial charge in [-0.05, 0) is 51.7 Å². The van der Waals surface area contributed by atoms with Gasteiger partial charge in [0.1, 0.15) is 6.04 Å². The smallest absolute Gasteiger partial charge is 0.243 e. The standard InChI is InChI=1S/C17H26N2O2S/c1-5-7-16(20)19-9-6-8-15(19)17(21)18-12(3)14-10-11(2)22-13(14)4/h10,12,15H,5-9H2,1-4H3,(H,18,21)/t12-,15-/m0/s1. The number of thiophene rings is 1. The lowest BCUT2D eigenvalue weighted by Gasteiger charge is -2.25. The van der Waals surface area contributed by atoms with Gasteiger partial charge in [0, 0.05) is 22.7 Å². The van der Waals surface area contributed by atoms with Gasteiger partial charge < -0.3 is 10.2 Å². The van der Waals surface area contributed by atoms with Crippen LogP contribution >= 0.6 is 11.3 Å². The first-order valence-corrected chi connectivity index (χ1v) is 8.92. The number of likely N-dealkylation sites (tertiary alicyclic amines) is 1. The summed E-state index contributed by atoms with van der Waals surface area (Å²) in [7, 11) is 0. The molecule has 0 saturated carbocycles. The van der Waals surface area contributed by atoms with Gasteiger partial charge in [-0.25, -0.2) is 0 Å². The molecule has 0 aliphatic carbocycles. The average Bonchev–Trinajstić information content (AvgIpc) is 3.05. The van der Waals surface area contributed by atoms with Crippen LogP contribution in [0.25, 0.3) is 0 Å². The minimum atomic E-state index is -0.290. The van der Waals surface area contributed by atoms with Gasteiger partial charge in [0.05, 0.1) is 6.04 Å². The lowest BCUT2D eigenvalue weighted by atomic mass is 10.1. The maximum Gasteiger partial charge on any atom is 0.243 e. The lowest BCUT2D eigenvalue weighted by molar-refractivity contribution is -0.138. The highest BCUT2D eigenvalue weighted by atomic mass is 32.1. The molecule has 122 valence electrons. The van der Waals surface area contributed by atoms with Crippen molar-refractivity contribution in [2.45, 2.75) is 65.5 Å². The Morgan fingerprint density at radius 1 is 1.45 bits per heavy atom. The van der Waals surface area contributed by atoms with Crippen LogP contribution in [0.2, 0.25) is 0 Å². The topological polar surface area (TPSA) is 49.4 Å². The predicted octanol–water partition coefficient (Wildman–Crippen LogP) is 3.33. The Labute approximate surface area is 136 Å². The van der Waals surface area contributed by atoms with Crippen LogP contribution in [0.3, 0.4) is 0 Å².